The molecule has 2 aromatic rings. The van der Waals surface area contributed by atoms with Gasteiger partial charge in [0, 0.05) is 32.1 Å². The van der Waals surface area contributed by atoms with Crippen LogP contribution in [0.15, 0.2) is 30.5 Å². The predicted molar refractivity (Wildman–Crippen MR) is 82.1 cm³/mol. The van der Waals surface area contributed by atoms with Gasteiger partial charge in [-0.15, -0.1) is 0 Å². The SMILES string of the molecule is Cn1nccc1NC(=O)N1CCC[C@H](c2cc(F)ccc2F)C1. The summed E-state index contributed by atoms with van der Waals surface area (Å²) >= 11 is 0. The van der Waals surface area contributed by atoms with Crippen molar-refractivity contribution in [2.45, 2.75) is 18.8 Å². The van der Waals surface area contributed by atoms with Crippen molar-refractivity contribution < 1.29 is 13.6 Å². The van der Waals surface area contributed by atoms with Gasteiger partial charge in [0.15, 0.2) is 0 Å². The fourth-order valence-electron chi connectivity index (χ4n) is 2.93. The summed E-state index contributed by atoms with van der Waals surface area (Å²) in [4.78, 5) is 14.0. The van der Waals surface area contributed by atoms with Gasteiger partial charge in [0.05, 0.1) is 6.20 Å². The molecular weight excluding hydrogens is 302 g/mol. The second kappa shape index (κ2) is 6.36. The van der Waals surface area contributed by atoms with Crippen molar-refractivity contribution in [3.63, 3.8) is 0 Å². The van der Waals surface area contributed by atoms with Crippen LogP contribution in [0.4, 0.5) is 19.4 Å². The van der Waals surface area contributed by atoms with E-state index in [2.05, 4.69) is 10.4 Å². The number of hydrogen-bond acceptors (Lipinski definition) is 2. The normalized spacial score (nSPS) is 18.0. The van der Waals surface area contributed by atoms with Gasteiger partial charge < -0.3 is 4.90 Å². The lowest BCUT2D eigenvalue weighted by atomic mass is 9.90. The number of aromatic nitrogens is 2. The molecule has 2 amide bonds. The Hall–Kier alpha value is -2.44. The quantitative estimate of drug-likeness (QED) is 0.924. The van der Waals surface area contributed by atoms with Crippen LogP contribution in [0.25, 0.3) is 0 Å². The van der Waals surface area contributed by atoms with Crippen molar-refractivity contribution in [1.82, 2.24) is 14.7 Å². The van der Waals surface area contributed by atoms with Crippen molar-refractivity contribution in [3.05, 3.63) is 47.7 Å². The lowest BCUT2D eigenvalue weighted by Crippen LogP contribution is -2.42. The van der Waals surface area contributed by atoms with Crippen LogP contribution in [0.2, 0.25) is 0 Å². The van der Waals surface area contributed by atoms with Crippen LogP contribution >= 0.6 is 0 Å². The van der Waals surface area contributed by atoms with Gasteiger partial charge in [-0.25, -0.2) is 13.6 Å². The zero-order chi connectivity index (χ0) is 16.4. The number of hydrogen-bond donors (Lipinski definition) is 1. The molecular formula is C16H18F2N4O. The third-order valence-electron chi connectivity index (χ3n) is 4.16. The molecule has 1 atom stereocenters. The number of likely N-dealkylation sites (tertiary alicyclic amines) is 1. The van der Waals surface area contributed by atoms with E-state index in [-0.39, 0.29) is 11.9 Å². The van der Waals surface area contributed by atoms with Crippen LogP contribution in [0.5, 0.6) is 0 Å². The summed E-state index contributed by atoms with van der Waals surface area (Å²) in [6.45, 7) is 0.960. The molecule has 1 fully saturated rings. The smallest absolute Gasteiger partial charge is 0.323 e. The summed E-state index contributed by atoms with van der Waals surface area (Å²) in [5.41, 5.74) is 0.336. The number of halogens is 2. The summed E-state index contributed by atoms with van der Waals surface area (Å²) in [6, 6.07) is 4.91. The molecule has 1 aliphatic rings. The molecule has 0 spiro atoms. The largest absolute Gasteiger partial charge is 0.324 e. The molecule has 1 N–H and O–H groups in total. The van der Waals surface area contributed by atoms with Gasteiger partial charge in [-0.2, -0.15) is 5.10 Å². The van der Waals surface area contributed by atoms with E-state index in [1.807, 2.05) is 0 Å². The lowest BCUT2D eigenvalue weighted by molar-refractivity contribution is 0.192. The van der Waals surface area contributed by atoms with Crippen LogP contribution in [0.1, 0.15) is 24.3 Å². The average Bonchev–Trinajstić information content (AvgIpc) is 2.95. The highest BCUT2D eigenvalue weighted by molar-refractivity contribution is 5.88. The molecule has 0 aliphatic carbocycles. The number of nitrogens with zero attached hydrogens (tertiary/aromatic N) is 3. The number of aryl methyl sites for hydroxylation is 1. The van der Waals surface area contributed by atoms with Gasteiger partial charge in [0.25, 0.3) is 0 Å². The highest BCUT2D eigenvalue weighted by Gasteiger charge is 2.27. The first-order chi connectivity index (χ1) is 11.0. The van der Waals surface area contributed by atoms with Gasteiger partial charge >= 0.3 is 6.03 Å². The maximum absolute atomic E-state index is 13.9. The molecule has 0 bridgehead atoms. The Kier molecular flexibility index (Phi) is 4.27. The zero-order valence-electron chi connectivity index (χ0n) is 12.8. The fraction of sp³-hybridized carbons (Fsp3) is 0.375. The monoisotopic (exact) mass is 320 g/mol. The summed E-state index contributed by atoms with van der Waals surface area (Å²) in [7, 11) is 1.73. The van der Waals surface area contributed by atoms with E-state index in [9.17, 15) is 13.6 Å². The molecule has 0 saturated carbocycles. The third kappa shape index (κ3) is 3.33. The van der Waals surface area contributed by atoms with Crippen molar-refractivity contribution in [2.75, 3.05) is 18.4 Å². The minimum absolute atomic E-state index is 0.197. The van der Waals surface area contributed by atoms with Gasteiger partial charge in [-0.05, 0) is 36.6 Å². The number of anilines is 1. The number of nitrogens with one attached hydrogen (secondary N) is 1. The molecule has 0 radical (unpaired) electrons. The molecule has 1 aliphatic heterocycles. The Morgan fingerprint density at radius 2 is 2.17 bits per heavy atom. The molecule has 3 rings (SSSR count). The van der Waals surface area contributed by atoms with E-state index >= 15 is 0 Å². The molecule has 5 nitrogen and oxygen atoms in total. The van der Waals surface area contributed by atoms with E-state index in [0.717, 1.165) is 25.0 Å². The molecule has 1 aromatic carbocycles. The second-order valence-corrected chi connectivity index (χ2v) is 5.72. The van der Waals surface area contributed by atoms with E-state index in [1.54, 1.807) is 28.9 Å². The van der Waals surface area contributed by atoms with E-state index < -0.39 is 11.6 Å². The third-order valence-corrected chi connectivity index (χ3v) is 4.16. The average molecular weight is 320 g/mol. The van der Waals surface area contributed by atoms with Crippen molar-refractivity contribution in [1.29, 1.82) is 0 Å². The van der Waals surface area contributed by atoms with Gasteiger partial charge in [-0.3, -0.25) is 10.00 Å². The first-order valence-corrected chi connectivity index (χ1v) is 7.53. The van der Waals surface area contributed by atoms with Crippen LogP contribution in [0.3, 0.4) is 0 Å². The van der Waals surface area contributed by atoms with Crippen molar-refractivity contribution >= 4 is 11.8 Å². The number of rotatable bonds is 2. The lowest BCUT2D eigenvalue weighted by Gasteiger charge is -2.33. The standard InChI is InChI=1S/C16H18F2N4O/c1-21-15(6-7-19-21)20-16(23)22-8-2-3-11(10-22)13-9-12(17)4-5-14(13)18/h4-7,9,11H,2-3,8,10H2,1H3,(H,20,23)/t11-/m0/s1. The highest BCUT2D eigenvalue weighted by Crippen LogP contribution is 2.29. The van der Waals surface area contributed by atoms with Crippen molar-refractivity contribution in [2.24, 2.45) is 7.05 Å². The fourth-order valence-corrected chi connectivity index (χ4v) is 2.93. The highest BCUT2D eigenvalue weighted by atomic mass is 19.1. The first-order valence-electron chi connectivity index (χ1n) is 7.53. The number of carbonyl (C=O) groups excluding carboxylic acids is 1. The van der Waals surface area contributed by atoms with E-state index in [1.165, 1.54) is 6.07 Å². The van der Waals surface area contributed by atoms with Crippen molar-refractivity contribution in [3.8, 4) is 0 Å². The van der Waals surface area contributed by atoms with Crippen LogP contribution < -0.4 is 5.32 Å². The van der Waals surface area contributed by atoms with Gasteiger partial charge in [0.2, 0.25) is 0 Å². The zero-order valence-corrected chi connectivity index (χ0v) is 12.8. The minimum Gasteiger partial charge on any atom is -0.324 e. The summed E-state index contributed by atoms with van der Waals surface area (Å²) < 4.78 is 28.9. The van der Waals surface area contributed by atoms with Crippen LogP contribution in [-0.4, -0.2) is 33.8 Å². The number of benzene rings is 1. The maximum atomic E-state index is 13.9. The minimum atomic E-state index is -0.460. The number of carbonyl (C=O) groups is 1. The molecule has 23 heavy (non-hydrogen) atoms. The molecule has 2 heterocycles. The molecule has 0 unspecified atom stereocenters. The molecule has 122 valence electrons. The topological polar surface area (TPSA) is 50.2 Å². The van der Waals surface area contributed by atoms with Gasteiger partial charge in [0.1, 0.15) is 17.5 Å². The maximum Gasteiger partial charge on any atom is 0.323 e. The number of urea groups is 1. The number of piperidine rings is 1. The second-order valence-electron chi connectivity index (χ2n) is 5.72. The number of amides is 2. The van der Waals surface area contributed by atoms with Gasteiger partial charge in [-0.1, -0.05) is 0 Å². The first kappa shape index (κ1) is 15.5. The van der Waals surface area contributed by atoms with Crippen LogP contribution in [0, 0.1) is 11.6 Å². The van der Waals surface area contributed by atoms with Crippen LogP contribution in [-0.2, 0) is 7.05 Å². The Morgan fingerprint density at radius 3 is 2.91 bits per heavy atom. The summed E-state index contributed by atoms with van der Waals surface area (Å²) in [6.07, 6.45) is 3.08. The predicted octanol–water partition coefficient (Wildman–Crippen LogP) is 3.11. The molecule has 7 heteroatoms. The Labute approximate surface area is 132 Å². The molecule has 1 aromatic heterocycles. The summed E-state index contributed by atoms with van der Waals surface area (Å²) in [5, 5.41) is 6.77. The Morgan fingerprint density at radius 1 is 1.35 bits per heavy atom. The summed E-state index contributed by atoms with van der Waals surface area (Å²) in [5.74, 6) is -0.492. The Bertz CT molecular complexity index is 716. The van der Waals surface area contributed by atoms with E-state index in [0.29, 0.717) is 24.5 Å². The Balaban J connectivity index is 1.72. The molecule has 1 saturated heterocycles. The van der Waals surface area contributed by atoms with E-state index in [4.69, 9.17) is 0 Å².